The van der Waals surface area contributed by atoms with Gasteiger partial charge < -0.3 is 4.43 Å². The van der Waals surface area contributed by atoms with Crippen LogP contribution in [-0.4, -0.2) is 34.8 Å². The van der Waals surface area contributed by atoms with E-state index in [4.69, 9.17) is 4.43 Å². The number of alkyl halides is 3. The Morgan fingerprint density at radius 3 is 2.04 bits per heavy atom. The maximum Gasteiger partial charge on any atom is 0.416 e. The molecule has 0 fully saturated rings. The third-order valence-corrected chi connectivity index (χ3v) is 6.03. The average Bonchev–Trinajstić information content (AvgIpc) is 2.42. The first-order valence-corrected chi connectivity index (χ1v) is 13.0. The Kier molecular flexibility index (Phi) is 7.21. The molecule has 27 heavy (non-hydrogen) atoms. The summed E-state index contributed by atoms with van der Waals surface area (Å²) in [6.07, 6.45) is -5.44. The third kappa shape index (κ3) is 6.80. The minimum atomic E-state index is -4.71. The number of rotatable bonds is 6. The zero-order valence-electron chi connectivity index (χ0n) is 16.7. The molecular weight excluding hydrogens is 398 g/mol. The SMILES string of the molecule is CC(C)(C)[S@](=O)/N=C(\C[C@](C)(O[Si](C)(C)C)C(F)(F)F)c1ccccc1F. The van der Waals surface area contributed by atoms with Crippen LogP contribution in [0, 0.1) is 5.82 Å². The van der Waals surface area contributed by atoms with Crippen LogP contribution in [0.15, 0.2) is 28.7 Å². The number of hydrogen-bond acceptors (Lipinski definition) is 2. The summed E-state index contributed by atoms with van der Waals surface area (Å²) in [5.41, 5.74) is -2.90. The monoisotopic (exact) mass is 425 g/mol. The van der Waals surface area contributed by atoms with Crippen molar-refractivity contribution in [2.24, 2.45) is 4.40 Å². The maximum absolute atomic E-state index is 14.3. The van der Waals surface area contributed by atoms with Crippen molar-refractivity contribution < 1.29 is 26.2 Å². The highest BCUT2D eigenvalue weighted by Crippen LogP contribution is 2.39. The summed E-state index contributed by atoms with van der Waals surface area (Å²) in [7, 11) is -4.46. The van der Waals surface area contributed by atoms with Crippen LogP contribution in [0.4, 0.5) is 17.6 Å². The molecule has 0 aromatic heterocycles. The van der Waals surface area contributed by atoms with Crippen LogP contribution in [0.5, 0.6) is 0 Å². The van der Waals surface area contributed by atoms with Crippen LogP contribution in [0.1, 0.15) is 39.7 Å². The fraction of sp³-hybridized carbons (Fsp3) is 0.611. The molecule has 0 spiro atoms. The van der Waals surface area contributed by atoms with E-state index in [0.717, 1.165) is 13.0 Å². The van der Waals surface area contributed by atoms with E-state index < -0.39 is 48.1 Å². The Morgan fingerprint density at radius 1 is 1.11 bits per heavy atom. The van der Waals surface area contributed by atoms with Crippen LogP contribution >= 0.6 is 0 Å². The molecule has 0 aliphatic rings. The minimum Gasteiger partial charge on any atom is -0.404 e. The second kappa shape index (κ2) is 8.12. The molecule has 0 unspecified atom stereocenters. The molecule has 1 aromatic carbocycles. The third-order valence-electron chi connectivity index (χ3n) is 3.54. The largest absolute Gasteiger partial charge is 0.416 e. The van der Waals surface area contributed by atoms with E-state index in [0.29, 0.717) is 0 Å². The van der Waals surface area contributed by atoms with Crippen LogP contribution in [-0.2, 0) is 15.4 Å². The average molecular weight is 426 g/mol. The van der Waals surface area contributed by atoms with Crippen molar-refractivity contribution in [3.05, 3.63) is 35.6 Å². The summed E-state index contributed by atoms with van der Waals surface area (Å²) in [5, 5.41) is 0. The summed E-state index contributed by atoms with van der Waals surface area (Å²) in [4.78, 5) is 0. The molecule has 3 nitrogen and oxygen atoms in total. The normalized spacial score (nSPS) is 17.5. The highest BCUT2D eigenvalue weighted by molar-refractivity contribution is 7.85. The second-order valence-electron chi connectivity index (χ2n) is 8.50. The van der Waals surface area contributed by atoms with E-state index in [-0.39, 0.29) is 11.3 Å². The molecule has 0 saturated carbocycles. The lowest BCUT2D eigenvalue weighted by molar-refractivity contribution is -0.242. The van der Waals surface area contributed by atoms with Gasteiger partial charge in [-0.3, -0.25) is 0 Å². The van der Waals surface area contributed by atoms with Crippen LogP contribution < -0.4 is 0 Å². The smallest absolute Gasteiger partial charge is 0.404 e. The molecule has 0 bridgehead atoms. The van der Waals surface area contributed by atoms with Gasteiger partial charge in [0.25, 0.3) is 0 Å². The van der Waals surface area contributed by atoms with Gasteiger partial charge in [-0.15, -0.1) is 0 Å². The van der Waals surface area contributed by atoms with Crippen LogP contribution in [0.25, 0.3) is 0 Å². The van der Waals surface area contributed by atoms with Gasteiger partial charge in [-0.05, 0) is 53.4 Å². The predicted molar refractivity (Wildman–Crippen MR) is 104 cm³/mol. The first-order chi connectivity index (χ1) is 12.0. The summed E-state index contributed by atoms with van der Waals surface area (Å²) in [6, 6.07) is 5.39. The van der Waals surface area contributed by atoms with E-state index in [1.807, 2.05) is 0 Å². The lowest BCUT2D eigenvalue weighted by Crippen LogP contribution is -2.52. The molecule has 0 aliphatic heterocycles. The van der Waals surface area contributed by atoms with Crippen molar-refractivity contribution in [3.8, 4) is 0 Å². The lowest BCUT2D eigenvalue weighted by Gasteiger charge is -2.38. The van der Waals surface area contributed by atoms with Crippen molar-refractivity contribution >= 4 is 25.0 Å². The number of hydrogen-bond donors (Lipinski definition) is 0. The van der Waals surface area contributed by atoms with Gasteiger partial charge in [0.2, 0.25) is 0 Å². The van der Waals surface area contributed by atoms with Crippen LogP contribution in [0.2, 0.25) is 19.6 Å². The van der Waals surface area contributed by atoms with Gasteiger partial charge in [-0.25, -0.2) is 8.60 Å². The summed E-state index contributed by atoms with van der Waals surface area (Å²) in [5.74, 6) is -0.723. The highest BCUT2D eigenvalue weighted by Gasteiger charge is 2.54. The quantitative estimate of drug-likeness (QED) is 0.336. The Morgan fingerprint density at radius 2 is 1.63 bits per heavy atom. The van der Waals surface area contributed by atoms with Crippen LogP contribution in [0.3, 0.4) is 0 Å². The molecular formula is C18H27F4NO2SSi. The van der Waals surface area contributed by atoms with E-state index >= 15 is 0 Å². The zero-order valence-corrected chi connectivity index (χ0v) is 18.5. The Hall–Kier alpha value is -1.06. The van der Waals surface area contributed by atoms with Gasteiger partial charge in [0, 0.05) is 12.0 Å². The summed E-state index contributed by atoms with van der Waals surface area (Å²) in [6.45, 7) is 10.8. The lowest BCUT2D eigenvalue weighted by atomic mass is 9.94. The van der Waals surface area contributed by atoms with Crippen molar-refractivity contribution in [1.82, 2.24) is 0 Å². The van der Waals surface area contributed by atoms with Crippen molar-refractivity contribution in [1.29, 1.82) is 0 Å². The first kappa shape index (κ1) is 24.0. The fourth-order valence-corrected chi connectivity index (χ4v) is 4.47. The summed E-state index contributed by atoms with van der Waals surface area (Å²) < 4.78 is 77.0. The van der Waals surface area contributed by atoms with Gasteiger partial charge in [0.15, 0.2) is 13.9 Å². The molecule has 9 heteroatoms. The fourth-order valence-electron chi connectivity index (χ4n) is 2.30. The molecule has 0 radical (unpaired) electrons. The standard InChI is InChI=1S/C18H27F4NO2SSi/c1-16(2,3)26(24)23-15(13-10-8-9-11-14(13)19)12-17(4,18(20,21)22)25-27(5,6)7/h8-11H,12H2,1-7H3/b23-15+/t17-,26-/m0/s1. The zero-order chi connectivity index (χ0) is 21.3. The molecule has 0 amide bonds. The van der Waals surface area contributed by atoms with E-state index in [2.05, 4.69) is 4.40 Å². The van der Waals surface area contributed by atoms with Crippen molar-refractivity contribution in [3.63, 3.8) is 0 Å². The summed E-state index contributed by atoms with van der Waals surface area (Å²) >= 11 is 0. The maximum atomic E-state index is 14.3. The number of benzene rings is 1. The Bertz CT molecular complexity index is 723. The van der Waals surface area contributed by atoms with Gasteiger partial charge in [0.1, 0.15) is 16.8 Å². The minimum absolute atomic E-state index is 0.107. The van der Waals surface area contributed by atoms with Crippen molar-refractivity contribution in [2.75, 3.05) is 0 Å². The molecule has 1 aromatic rings. The number of halogens is 4. The Balaban J connectivity index is 3.53. The second-order valence-corrected chi connectivity index (χ2v) is 14.8. The van der Waals surface area contributed by atoms with Gasteiger partial charge >= 0.3 is 6.18 Å². The molecule has 0 saturated heterocycles. The topological polar surface area (TPSA) is 38.7 Å². The molecule has 0 aliphatic carbocycles. The van der Waals surface area contributed by atoms with Gasteiger partial charge in [-0.1, -0.05) is 18.2 Å². The molecule has 0 heterocycles. The van der Waals surface area contributed by atoms with E-state index in [9.17, 15) is 21.8 Å². The molecule has 154 valence electrons. The number of nitrogens with zero attached hydrogens (tertiary/aromatic N) is 1. The van der Waals surface area contributed by atoms with Gasteiger partial charge in [0.05, 0.1) is 10.5 Å². The van der Waals surface area contributed by atoms with E-state index in [1.54, 1.807) is 40.4 Å². The van der Waals surface area contributed by atoms with Crippen molar-refractivity contribution in [2.45, 2.75) is 70.3 Å². The van der Waals surface area contributed by atoms with Gasteiger partial charge in [-0.2, -0.15) is 17.6 Å². The predicted octanol–water partition coefficient (Wildman–Crippen LogP) is 5.64. The Labute approximate surface area is 161 Å². The molecule has 1 rings (SSSR count). The van der Waals surface area contributed by atoms with E-state index in [1.165, 1.54) is 18.2 Å². The molecule has 2 atom stereocenters. The first-order valence-electron chi connectivity index (χ1n) is 8.48. The molecule has 0 N–H and O–H groups in total. The highest BCUT2D eigenvalue weighted by atomic mass is 32.2.